The molecule has 5 aliphatic heterocycles. The number of allylic oxidation sites excluding steroid dienone is 3. The topological polar surface area (TPSA) is 236 Å². The van der Waals surface area contributed by atoms with Crippen LogP contribution < -0.4 is 4.90 Å². The third-order valence-corrected chi connectivity index (χ3v) is 17.1. The van der Waals surface area contributed by atoms with Gasteiger partial charge < -0.3 is 38.7 Å². The largest absolute Gasteiger partial charge is 0.462 e. The normalized spacial score (nSPS) is 32.6. The van der Waals surface area contributed by atoms with Crippen molar-refractivity contribution in [1.29, 1.82) is 0 Å². The molecule has 1 saturated carbocycles. The maximum atomic E-state index is 14.3. The molecule has 6 amide bonds. The molecule has 21 heteroatoms. The number of ether oxygens (including phenoxy) is 4. The molecule has 0 aromatic heterocycles. The Kier molecular flexibility index (Phi) is 17.3. The van der Waals surface area contributed by atoms with E-state index in [2.05, 4.69) is 0 Å². The third kappa shape index (κ3) is 12.4. The van der Waals surface area contributed by atoms with Gasteiger partial charge >= 0.3 is 17.9 Å². The fourth-order valence-electron chi connectivity index (χ4n) is 10.6. The SMILES string of the molecule is CO[C@@H]1/C=C/C=C(\C)Cc2cc(C)c(Cl)c(c2)N(C)C(=O)C[C@H](OC(=O)[C@H](C)N(C)C(=O)CCSC2CC(=O)N(CC3CCC(C(=O)ON4C(=O)CCC4=O)CC3)C2=O)[C@]2(C)O[C@H]2[C@H](C)[C@@H]2C[C@@]1(O)CC(=O)O2. The summed E-state index contributed by atoms with van der Waals surface area (Å²) in [6.07, 6.45) is 3.44. The zero-order chi connectivity index (χ0) is 53.3. The minimum absolute atomic E-state index is 0.00113. The van der Waals surface area contributed by atoms with Gasteiger partial charge in [0.05, 0.1) is 40.8 Å². The predicted molar refractivity (Wildman–Crippen MR) is 265 cm³/mol. The molecule has 6 aliphatic rings. The van der Waals surface area contributed by atoms with E-state index in [9.17, 15) is 48.3 Å². The van der Waals surface area contributed by atoms with Gasteiger partial charge in [-0.3, -0.25) is 38.5 Å². The van der Waals surface area contributed by atoms with Crippen molar-refractivity contribution in [2.24, 2.45) is 17.8 Å². The number of likely N-dealkylation sites (N-methyl/N-ethyl adjacent to an activating group) is 1. The maximum absolute atomic E-state index is 14.3. The number of halogens is 1. The number of thioether (sulfide) groups is 1. The molecule has 1 unspecified atom stereocenters. The second-order valence-corrected chi connectivity index (χ2v) is 22.4. The van der Waals surface area contributed by atoms with Crippen LogP contribution in [0.1, 0.15) is 109 Å². The summed E-state index contributed by atoms with van der Waals surface area (Å²) in [6, 6.07) is 2.63. The Labute approximate surface area is 434 Å². The molecule has 0 radical (unpaired) electrons. The number of esters is 2. The number of hydrogen-bond donors (Lipinski definition) is 1. The Balaban J connectivity index is 0.977. The highest BCUT2D eigenvalue weighted by molar-refractivity contribution is 8.00. The molecule has 9 atom stereocenters. The number of anilines is 1. The zero-order valence-electron chi connectivity index (χ0n) is 42.7. The van der Waals surface area contributed by atoms with Crippen LogP contribution >= 0.6 is 23.4 Å². The van der Waals surface area contributed by atoms with Crippen molar-refractivity contribution in [2.45, 2.75) is 159 Å². The second kappa shape index (κ2) is 22.8. The summed E-state index contributed by atoms with van der Waals surface area (Å²) in [5.41, 5.74) is 0.137. The first-order chi connectivity index (χ1) is 34.4. The molecule has 1 N–H and O–H groups in total. The number of aryl methyl sites for hydroxylation is 1. The van der Waals surface area contributed by atoms with Crippen molar-refractivity contribution in [2.75, 3.05) is 38.4 Å². The van der Waals surface area contributed by atoms with E-state index in [1.807, 2.05) is 32.1 Å². The molecule has 1 aliphatic carbocycles. The van der Waals surface area contributed by atoms with Crippen LogP contribution in [0.3, 0.4) is 0 Å². The van der Waals surface area contributed by atoms with E-state index < -0.39 is 100 Å². The van der Waals surface area contributed by atoms with Crippen LogP contribution in [0.25, 0.3) is 0 Å². The quantitative estimate of drug-likeness (QED) is 0.169. The molecular weight excluding hydrogens is 988 g/mol. The van der Waals surface area contributed by atoms with Gasteiger partial charge in [-0.15, -0.1) is 16.8 Å². The van der Waals surface area contributed by atoms with E-state index in [1.54, 1.807) is 33.0 Å². The van der Waals surface area contributed by atoms with Crippen molar-refractivity contribution in [1.82, 2.24) is 14.9 Å². The molecule has 73 heavy (non-hydrogen) atoms. The van der Waals surface area contributed by atoms with Crippen LogP contribution in [0.4, 0.5) is 5.69 Å². The lowest BCUT2D eigenvalue weighted by molar-refractivity contribution is -0.201. The average Bonchev–Trinajstić information content (AvgIpc) is 3.85. The van der Waals surface area contributed by atoms with Gasteiger partial charge in [-0.1, -0.05) is 48.4 Å². The highest BCUT2D eigenvalue weighted by Gasteiger charge is 2.64. The number of carbonyl (C=O) groups excluding carboxylic acids is 9. The first-order valence-corrected chi connectivity index (χ1v) is 26.4. The van der Waals surface area contributed by atoms with Crippen LogP contribution in [0.15, 0.2) is 35.9 Å². The zero-order valence-corrected chi connectivity index (χ0v) is 44.3. The number of nitrogens with zero attached hydrogens (tertiary/aromatic N) is 4. The molecule has 1 aromatic carbocycles. The van der Waals surface area contributed by atoms with Gasteiger partial charge in [-0.05, 0) is 82.9 Å². The number of rotatable bonds is 12. The Morgan fingerprint density at radius 2 is 1.68 bits per heavy atom. The van der Waals surface area contributed by atoms with Crippen LogP contribution in [0.2, 0.25) is 5.02 Å². The van der Waals surface area contributed by atoms with E-state index in [4.69, 9.17) is 35.4 Å². The van der Waals surface area contributed by atoms with Crippen LogP contribution in [-0.4, -0.2) is 154 Å². The molecule has 7 rings (SSSR count). The molecule has 5 fully saturated rings. The summed E-state index contributed by atoms with van der Waals surface area (Å²) in [5.74, 6) is -5.66. The average molecular weight is 1060 g/mol. The number of carbonyl (C=O) groups is 9. The van der Waals surface area contributed by atoms with Gasteiger partial charge in [0.2, 0.25) is 23.6 Å². The van der Waals surface area contributed by atoms with Crippen LogP contribution in [-0.2, 0) is 73.4 Å². The van der Waals surface area contributed by atoms with Crippen molar-refractivity contribution in [3.63, 3.8) is 0 Å². The molecule has 1 aromatic rings. The van der Waals surface area contributed by atoms with E-state index in [0.29, 0.717) is 47.9 Å². The number of imide groups is 2. The number of amides is 6. The number of benzene rings is 1. The first kappa shape index (κ1) is 55.6. The summed E-state index contributed by atoms with van der Waals surface area (Å²) < 4.78 is 24.0. The lowest BCUT2D eigenvalue weighted by Gasteiger charge is -2.41. The Hall–Kier alpha value is -5.15. The van der Waals surface area contributed by atoms with Crippen molar-refractivity contribution >= 4 is 82.4 Å². The molecule has 0 spiro atoms. The summed E-state index contributed by atoms with van der Waals surface area (Å²) >= 11 is 8.01. The molecular formula is C52H67ClN4O15S. The predicted octanol–water partition coefficient (Wildman–Crippen LogP) is 4.73. The maximum Gasteiger partial charge on any atom is 0.336 e. The lowest BCUT2D eigenvalue weighted by Crippen LogP contribution is -2.53. The van der Waals surface area contributed by atoms with Crippen molar-refractivity contribution in [3.8, 4) is 0 Å². The number of likely N-dealkylation sites (tertiary alicyclic amines) is 1. The van der Waals surface area contributed by atoms with E-state index in [1.165, 1.54) is 47.5 Å². The van der Waals surface area contributed by atoms with Gasteiger partial charge in [-0.2, -0.15) is 0 Å². The number of epoxide rings is 1. The van der Waals surface area contributed by atoms with Gasteiger partial charge in [0.25, 0.3) is 11.8 Å². The number of methoxy groups -OCH3 is 1. The third-order valence-electron chi connectivity index (χ3n) is 15.4. The smallest absolute Gasteiger partial charge is 0.336 e. The van der Waals surface area contributed by atoms with Crippen LogP contribution in [0.5, 0.6) is 0 Å². The number of hydrogen-bond acceptors (Lipinski definition) is 16. The molecule has 19 nitrogen and oxygen atoms in total. The summed E-state index contributed by atoms with van der Waals surface area (Å²) in [5, 5.41) is 12.2. The first-order valence-electron chi connectivity index (χ1n) is 25.0. The summed E-state index contributed by atoms with van der Waals surface area (Å²) in [4.78, 5) is 127. The standard InChI is InChI=1S/C52H67ClN4O15S/c1-28-10-9-11-38(68-8)52(67)25-36(69-45(63)26-52)30(3)47-51(5,71-47)39(24-43(61)55(7)35-22-33(20-28)21-29(2)46(35)53)70-49(65)31(4)54(6)40(58)18-19-73-37-23-44(62)56(48(37)64)27-32-12-14-34(15-13-32)50(66)72-57-41(59)16-17-42(57)60/h9-11,21-22,30-32,34,36-39,47,67H,12-20,23-27H2,1-8H3/b11-9+,28-10+/t30-,31+,32?,34?,36+,37?,38-,39+,47+,51+,52-/m1/s1. The number of aliphatic hydroxyl groups is 1. The van der Waals surface area contributed by atoms with Gasteiger partial charge in [0, 0.05) is 71.5 Å². The molecule has 5 heterocycles. The molecule has 398 valence electrons. The highest BCUT2D eigenvalue weighted by atomic mass is 35.5. The molecule has 4 saturated heterocycles. The summed E-state index contributed by atoms with van der Waals surface area (Å²) in [7, 11) is 4.49. The van der Waals surface area contributed by atoms with Crippen molar-refractivity contribution < 1.29 is 72.0 Å². The number of fused-ring (bicyclic) bond motifs is 5. The minimum atomic E-state index is -1.62. The van der Waals surface area contributed by atoms with Gasteiger partial charge in [0.15, 0.2) is 0 Å². The van der Waals surface area contributed by atoms with Crippen LogP contribution in [0, 0.1) is 24.7 Å². The highest BCUT2D eigenvalue weighted by Crippen LogP contribution is 2.50. The lowest BCUT2D eigenvalue weighted by atomic mass is 9.78. The Bertz CT molecular complexity index is 2440. The monoisotopic (exact) mass is 1050 g/mol. The molecule has 4 bridgehead atoms. The van der Waals surface area contributed by atoms with Gasteiger partial charge in [-0.25, -0.2) is 9.59 Å². The fraction of sp³-hybridized carbons (Fsp3) is 0.635. The van der Waals surface area contributed by atoms with E-state index in [-0.39, 0.29) is 75.0 Å². The Morgan fingerprint density at radius 1 is 1.00 bits per heavy atom. The van der Waals surface area contributed by atoms with E-state index in [0.717, 1.165) is 16.7 Å². The fourth-order valence-corrected chi connectivity index (χ4v) is 12.0. The number of hydroxylamine groups is 2. The minimum Gasteiger partial charge on any atom is -0.462 e. The summed E-state index contributed by atoms with van der Waals surface area (Å²) in [6.45, 7) is 8.98. The Morgan fingerprint density at radius 3 is 2.36 bits per heavy atom. The van der Waals surface area contributed by atoms with E-state index >= 15 is 0 Å². The van der Waals surface area contributed by atoms with Crippen molar-refractivity contribution in [3.05, 3.63) is 52.1 Å². The van der Waals surface area contributed by atoms with Gasteiger partial charge in [0.1, 0.15) is 35.6 Å². The second-order valence-electron chi connectivity index (χ2n) is 20.7.